The number of hydrogen-bond acceptors (Lipinski definition) is 3. The molecule has 2 aromatic rings. The lowest BCUT2D eigenvalue weighted by Crippen LogP contribution is -1.98. The third-order valence-corrected chi connectivity index (χ3v) is 3.50. The number of rotatable bonds is 4. The van der Waals surface area contributed by atoms with E-state index in [2.05, 4.69) is 11.2 Å². The highest BCUT2D eigenvalue weighted by Crippen LogP contribution is 2.25. The zero-order chi connectivity index (χ0) is 12.1. The van der Waals surface area contributed by atoms with Gasteiger partial charge in [0, 0.05) is 23.9 Å². The topological polar surface area (TPSA) is 41.6 Å². The monoisotopic (exact) mass is 243 g/mol. The average molecular weight is 243 g/mol. The molecule has 1 aromatic heterocycles. The molecule has 1 unspecified atom stereocenters. The summed E-state index contributed by atoms with van der Waals surface area (Å²) in [4.78, 5) is 1.10. The van der Waals surface area contributed by atoms with E-state index in [0.29, 0.717) is 0 Å². The van der Waals surface area contributed by atoms with Gasteiger partial charge >= 0.3 is 0 Å². The van der Waals surface area contributed by atoms with Crippen molar-refractivity contribution in [2.75, 3.05) is 5.75 Å². The highest BCUT2D eigenvalue weighted by Gasteiger charge is 2.10. The van der Waals surface area contributed by atoms with Gasteiger partial charge in [-0.25, -0.2) is 0 Å². The second-order valence-corrected chi connectivity index (χ2v) is 4.85. The number of thioether (sulfide) groups is 1. The SMILES string of the molecule is Cn1cc(SCC(C#N)c2ccccc2)cn1. The van der Waals surface area contributed by atoms with Gasteiger partial charge in [-0.15, -0.1) is 11.8 Å². The summed E-state index contributed by atoms with van der Waals surface area (Å²) in [5.74, 6) is 0.688. The second-order valence-electron chi connectivity index (χ2n) is 3.75. The Kier molecular flexibility index (Phi) is 3.84. The van der Waals surface area contributed by atoms with Crippen LogP contribution in [0.25, 0.3) is 0 Å². The van der Waals surface area contributed by atoms with Crippen molar-refractivity contribution in [3.63, 3.8) is 0 Å². The molecule has 0 radical (unpaired) electrons. The summed E-state index contributed by atoms with van der Waals surface area (Å²) in [6, 6.07) is 12.2. The van der Waals surface area contributed by atoms with E-state index in [1.54, 1.807) is 16.4 Å². The standard InChI is InChI=1S/C13H13N3S/c1-16-9-13(8-15-16)17-10-12(7-14)11-5-3-2-4-6-11/h2-6,8-9,12H,10H2,1H3. The van der Waals surface area contributed by atoms with Crippen LogP contribution in [-0.2, 0) is 7.05 Å². The van der Waals surface area contributed by atoms with Crippen LogP contribution < -0.4 is 0 Å². The number of aromatic nitrogens is 2. The molecule has 0 spiro atoms. The second kappa shape index (κ2) is 5.55. The lowest BCUT2D eigenvalue weighted by molar-refractivity contribution is 0.766. The highest BCUT2D eigenvalue weighted by molar-refractivity contribution is 7.99. The van der Waals surface area contributed by atoms with Crippen molar-refractivity contribution >= 4 is 11.8 Å². The molecule has 0 bridgehead atoms. The first-order chi connectivity index (χ1) is 8.29. The van der Waals surface area contributed by atoms with Gasteiger partial charge in [0.05, 0.1) is 18.2 Å². The van der Waals surface area contributed by atoms with Crippen LogP contribution in [0.1, 0.15) is 11.5 Å². The molecule has 0 saturated heterocycles. The van der Waals surface area contributed by atoms with E-state index >= 15 is 0 Å². The van der Waals surface area contributed by atoms with Crippen molar-refractivity contribution in [3.05, 3.63) is 48.3 Å². The Morgan fingerprint density at radius 1 is 1.41 bits per heavy atom. The molecule has 4 heteroatoms. The lowest BCUT2D eigenvalue weighted by atomic mass is 10.0. The third kappa shape index (κ3) is 3.11. The third-order valence-electron chi connectivity index (χ3n) is 2.46. The molecule has 86 valence electrons. The van der Waals surface area contributed by atoms with E-state index in [1.807, 2.05) is 49.8 Å². The van der Waals surface area contributed by atoms with Crippen molar-refractivity contribution in [2.45, 2.75) is 10.8 Å². The molecule has 0 aliphatic carbocycles. The van der Waals surface area contributed by atoms with Crippen LogP contribution >= 0.6 is 11.8 Å². The molecule has 0 aliphatic rings. The Labute approximate surface area is 105 Å². The largest absolute Gasteiger partial charge is 0.275 e. The molecule has 0 amide bonds. The summed E-state index contributed by atoms with van der Waals surface area (Å²) in [6.45, 7) is 0. The molecule has 1 aromatic carbocycles. The number of nitrogens with zero attached hydrogens (tertiary/aromatic N) is 3. The predicted molar refractivity (Wildman–Crippen MR) is 68.7 cm³/mol. The minimum absolute atomic E-state index is 0.0681. The Hall–Kier alpha value is -1.73. The van der Waals surface area contributed by atoms with Crippen LogP contribution in [-0.4, -0.2) is 15.5 Å². The average Bonchev–Trinajstić information content (AvgIpc) is 2.77. The molecule has 1 heterocycles. The van der Waals surface area contributed by atoms with E-state index in [1.165, 1.54) is 0 Å². The normalized spacial score (nSPS) is 12.0. The maximum absolute atomic E-state index is 9.18. The van der Waals surface area contributed by atoms with E-state index in [4.69, 9.17) is 0 Å². The lowest BCUT2D eigenvalue weighted by Gasteiger charge is -2.07. The van der Waals surface area contributed by atoms with Gasteiger partial charge in [0.2, 0.25) is 0 Å². The molecule has 3 nitrogen and oxygen atoms in total. The van der Waals surface area contributed by atoms with Gasteiger partial charge in [-0.1, -0.05) is 30.3 Å². The number of aryl methyl sites for hydroxylation is 1. The van der Waals surface area contributed by atoms with Crippen LogP contribution in [0.4, 0.5) is 0 Å². The predicted octanol–water partition coefficient (Wildman–Crippen LogP) is 2.82. The first kappa shape index (κ1) is 11.7. The van der Waals surface area contributed by atoms with Gasteiger partial charge in [-0.3, -0.25) is 4.68 Å². The molecular formula is C13H13N3S. The Bertz CT molecular complexity index is 513. The van der Waals surface area contributed by atoms with E-state index in [-0.39, 0.29) is 5.92 Å². The van der Waals surface area contributed by atoms with Crippen LogP contribution in [0.5, 0.6) is 0 Å². The minimum atomic E-state index is -0.0681. The minimum Gasteiger partial charge on any atom is -0.275 e. The first-order valence-electron chi connectivity index (χ1n) is 5.35. The number of hydrogen-bond donors (Lipinski definition) is 0. The van der Waals surface area contributed by atoms with Crippen molar-refractivity contribution in [2.24, 2.45) is 7.05 Å². The van der Waals surface area contributed by atoms with Gasteiger partial charge in [0.15, 0.2) is 0 Å². The van der Waals surface area contributed by atoms with Crippen molar-refractivity contribution < 1.29 is 0 Å². The molecule has 17 heavy (non-hydrogen) atoms. The summed E-state index contributed by atoms with van der Waals surface area (Å²) in [5, 5.41) is 13.3. The summed E-state index contributed by atoms with van der Waals surface area (Å²) < 4.78 is 1.77. The van der Waals surface area contributed by atoms with Crippen molar-refractivity contribution in [3.8, 4) is 6.07 Å². The van der Waals surface area contributed by atoms with Crippen LogP contribution in [0.2, 0.25) is 0 Å². The Balaban J connectivity index is 2.00. The Morgan fingerprint density at radius 2 is 2.18 bits per heavy atom. The number of benzene rings is 1. The van der Waals surface area contributed by atoms with Crippen LogP contribution in [0.15, 0.2) is 47.6 Å². The zero-order valence-electron chi connectivity index (χ0n) is 9.58. The fourth-order valence-corrected chi connectivity index (χ4v) is 2.52. The molecule has 0 aliphatic heterocycles. The van der Waals surface area contributed by atoms with Gasteiger partial charge in [0.1, 0.15) is 0 Å². The van der Waals surface area contributed by atoms with Gasteiger partial charge < -0.3 is 0 Å². The van der Waals surface area contributed by atoms with Crippen molar-refractivity contribution in [1.82, 2.24) is 9.78 Å². The summed E-state index contributed by atoms with van der Waals surface area (Å²) >= 11 is 1.66. The molecule has 0 saturated carbocycles. The first-order valence-corrected chi connectivity index (χ1v) is 6.34. The summed E-state index contributed by atoms with van der Waals surface area (Å²) in [6.07, 6.45) is 3.79. The molecular weight excluding hydrogens is 230 g/mol. The molecule has 1 atom stereocenters. The van der Waals surface area contributed by atoms with Gasteiger partial charge in [-0.05, 0) is 5.56 Å². The van der Waals surface area contributed by atoms with E-state index in [9.17, 15) is 5.26 Å². The smallest absolute Gasteiger partial charge is 0.0806 e. The molecule has 0 fully saturated rings. The van der Waals surface area contributed by atoms with Crippen LogP contribution in [0.3, 0.4) is 0 Å². The van der Waals surface area contributed by atoms with Gasteiger partial charge in [-0.2, -0.15) is 10.4 Å². The summed E-state index contributed by atoms with van der Waals surface area (Å²) in [7, 11) is 1.89. The summed E-state index contributed by atoms with van der Waals surface area (Å²) in [5.41, 5.74) is 1.08. The van der Waals surface area contributed by atoms with E-state index < -0.39 is 0 Å². The fourth-order valence-electron chi connectivity index (χ4n) is 1.55. The highest BCUT2D eigenvalue weighted by atomic mass is 32.2. The molecule has 2 rings (SSSR count). The fraction of sp³-hybridized carbons (Fsp3) is 0.231. The van der Waals surface area contributed by atoms with Crippen molar-refractivity contribution in [1.29, 1.82) is 5.26 Å². The Morgan fingerprint density at radius 3 is 2.76 bits per heavy atom. The van der Waals surface area contributed by atoms with E-state index in [0.717, 1.165) is 16.2 Å². The van der Waals surface area contributed by atoms with Crippen LogP contribution in [0, 0.1) is 11.3 Å². The van der Waals surface area contributed by atoms with Gasteiger partial charge in [0.25, 0.3) is 0 Å². The molecule has 0 N–H and O–H groups in total. The number of nitriles is 1. The maximum atomic E-state index is 9.18. The quantitative estimate of drug-likeness (QED) is 0.775. The maximum Gasteiger partial charge on any atom is 0.0806 e. The zero-order valence-corrected chi connectivity index (χ0v) is 10.4.